The highest BCUT2D eigenvalue weighted by molar-refractivity contribution is 5.77. The minimum atomic E-state index is -0.221. The molecule has 3 aliphatic rings. The Bertz CT molecular complexity index is 356. The SMILES string of the molecule is N#CC(NC(=O)CC1CC2CCC1C2)C1CC1. The van der Waals surface area contributed by atoms with E-state index in [0.717, 1.165) is 24.7 Å². The van der Waals surface area contributed by atoms with Crippen molar-refractivity contribution in [1.29, 1.82) is 5.26 Å². The lowest BCUT2D eigenvalue weighted by Gasteiger charge is -2.21. The third-order valence-corrected chi connectivity index (χ3v) is 4.88. The second-order valence-corrected chi connectivity index (χ2v) is 6.15. The van der Waals surface area contributed by atoms with Crippen molar-refractivity contribution in [2.24, 2.45) is 23.7 Å². The molecule has 0 aromatic carbocycles. The predicted molar refractivity (Wildman–Crippen MR) is 63.8 cm³/mol. The summed E-state index contributed by atoms with van der Waals surface area (Å²) in [5, 5.41) is 11.9. The first-order chi connectivity index (χ1) is 8.26. The molecule has 3 nitrogen and oxygen atoms in total. The first kappa shape index (κ1) is 11.1. The standard InChI is InChI=1S/C14H20N2O/c15-8-13(10-3-4-10)16-14(17)7-12-6-9-1-2-11(12)5-9/h9-13H,1-7H2,(H,16,17). The fourth-order valence-electron chi connectivity index (χ4n) is 3.78. The maximum absolute atomic E-state index is 11.9. The van der Waals surface area contributed by atoms with Gasteiger partial charge in [-0.15, -0.1) is 0 Å². The van der Waals surface area contributed by atoms with E-state index in [-0.39, 0.29) is 11.9 Å². The molecule has 0 spiro atoms. The van der Waals surface area contributed by atoms with Crippen molar-refractivity contribution in [3.05, 3.63) is 0 Å². The first-order valence-electron chi connectivity index (χ1n) is 6.95. The number of fused-ring (bicyclic) bond motifs is 2. The van der Waals surface area contributed by atoms with Crippen molar-refractivity contribution in [1.82, 2.24) is 5.32 Å². The topological polar surface area (TPSA) is 52.9 Å². The van der Waals surface area contributed by atoms with Crippen LogP contribution in [0.15, 0.2) is 0 Å². The van der Waals surface area contributed by atoms with Crippen LogP contribution in [0.5, 0.6) is 0 Å². The largest absolute Gasteiger partial charge is 0.340 e. The minimum Gasteiger partial charge on any atom is -0.340 e. The van der Waals surface area contributed by atoms with Crippen LogP contribution >= 0.6 is 0 Å². The third kappa shape index (κ3) is 2.31. The summed E-state index contributed by atoms with van der Waals surface area (Å²) in [4.78, 5) is 11.9. The Kier molecular flexibility index (Phi) is 2.82. The van der Waals surface area contributed by atoms with Crippen molar-refractivity contribution < 1.29 is 4.79 Å². The number of nitrogens with zero attached hydrogens (tertiary/aromatic N) is 1. The molecule has 3 heteroatoms. The summed E-state index contributed by atoms with van der Waals surface area (Å²) in [6.45, 7) is 0. The second-order valence-electron chi connectivity index (χ2n) is 6.15. The monoisotopic (exact) mass is 232 g/mol. The van der Waals surface area contributed by atoms with E-state index in [1.807, 2.05) is 0 Å². The van der Waals surface area contributed by atoms with Crippen molar-refractivity contribution in [2.45, 2.75) is 51.0 Å². The highest BCUT2D eigenvalue weighted by atomic mass is 16.1. The Morgan fingerprint density at radius 3 is 2.65 bits per heavy atom. The number of hydrogen-bond donors (Lipinski definition) is 1. The van der Waals surface area contributed by atoms with E-state index in [9.17, 15) is 4.79 Å². The van der Waals surface area contributed by atoms with Gasteiger partial charge in [0, 0.05) is 6.42 Å². The summed E-state index contributed by atoms with van der Waals surface area (Å²) in [7, 11) is 0. The highest BCUT2D eigenvalue weighted by Gasteiger charge is 2.40. The van der Waals surface area contributed by atoms with Crippen LogP contribution in [0, 0.1) is 35.0 Å². The Balaban J connectivity index is 1.48. The third-order valence-electron chi connectivity index (χ3n) is 4.88. The number of carbonyl (C=O) groups excluding carboxylic acids is 1. The normalized spacial score (nSPS) is 36.5. The van der Waals surface area contributed by atoms with E-state index in [1.165, 1.54) is 25.7 Å². The molecule has 3 aliphatic carbocycles. The Morgan fingerprint density at radius 2 is 2.12 bits per heavy atom. The number of nitrogens with one attached hydrogen (secondary N) is 1. The molecule has 92 valence electrons. The van der Waals surface area contributed by atoms with E-state index in [1.54, 1.807) is 0 Å². The van der Waals surface area contributed by atoms with Crippen LogP contribution in [0.2, 0.25) is 0 Å². The average molecular weight is 232 g/mol. The Labute approximate surface area is 103 Å². The molecule has 1 amide bonds. The molecule has 2 bridgehead atoms. The van der Waals surface area contributed by atoms with Gasteiger partial charge in [-0.25, -0.2) is 0 Å². The smallest absolute Gasteiger partial charge is 0.221 e. The number of carbonyl (C=O) groups is 1. The lowest BCUT2D eigenvalue weighted by molar-refractivity contribution is -0.122. The zero-order valence-corrected chi connectivity index (χ0v) is 10.2. The summed E-state index contributed by atoms with van der Waals surface area (Å²) in [5.41, 5.74) is 0. The molecule has 3 fully saturated rings. The Morgan fingerprint density at radius 1 is 1.29 bits per heavy atom. The summed E-state index contributed by atoms with van der Waals surface area (Å²) in [6, 6.07) is 2.00. The van der Waals surface area contributed by atoms with Crippen molar-refractivity contribution in [3.8, 4) is 6.07 Å². The van der Waals surface area contributed by atoms with Crippen LogP contribution in [0.3, 0.4) is 0 Å². The number of amides is 1. The predicted octanol–water partition coefficient (Wildman–Crippen LogP) is 2.23. The molecule has 4 atom stereocenters. The fraction of sp³-hybridized carbons (Fsp3) is 0.857. The van der Waals surface area contributed by atoms with Gasteiger partial charge in [0.05, 0.1) is 6.07 Å². The zero-order valence-electron chi connectivity index (χ0n) is 10.2. The number of hydrogen-bond acceptors (Lipinski definition) is 2. The van der Waals surface area contributed by atoms with Gasteiger partial charge >= 0.3 is 0 Å². The molecule has 17 heavy (non-hydrogen) atoms. The van der Waals surface area contributed by atoms with Gasteiger partial charge in [0.2, 0.25) is 5.91 Å². The molecule has 0 radical (unpaired) electrons. The van der Waals surface area contributed by atoms with E-state index in [0.29, 0.717) is 18.3 Å². The summed E-state index contributed by atoms with van der Waals surface area (Å²) in [5.74, 6) is 2.84. The van der Waals surface area contributed by atoms with Gasteiger partial charge in [-0.1, -0.05) is 6.42 Å². The average Bonchev–Trinajstić information content (AvgIpc) is 2.96. The zero-order chi connectivity index (χ0) is 11.8. The molecule has 3 rings (SSSR count). The molecule has 0 aliphatic heterocycles. The van der Waals surface area contributed by atoms with E-state index in [2.05, 4.69) is 11.4 Å². The molecule has 0 heterocycles. The molecular formula is C14H20N2O. The van der Waals surface area contributed by atoms with Crippen molar-refractivity contribution in [3.63, 3.8) is 0 Å². The Hall–Kier alpha value is -1.04. The molecule has 3 saturated carbocycles. The van der Waals surface area contributed by atoms with Crippen LogP contribution in [0.4, 0.5) is 0 Å². The summed E-state index contributed by atoms with van der Waals surface area (Å²) >= 11 is 0. The van der Waals surface area contributed by atoms with Gasteiger partial charge in [-0.2, -0.15) is 5.26 Å². The van der Waals surface area contributed by atoms with E-state index >= 15 is 0 Å². The van der Waals surface area contributed by atoms with Crippen molar-refractivity contribution in [2.75, 3.05) is 0 Å². The van der Waals surface area contributed by atoms with E-state index in [4.69, 9.17) is 5.26 Å². The van der Waals surface area contributed by atoms with Crippen LogP contribution in [0.25, 0.3) is 0 Å². The van der Waals surface area contributed by atoms with Crippen LogP contribution in [-0.2, 0) is 4.79 Å². The molecular weight excluding hydrogens is 212 g/mol. The van der Waals surface area contributed by atoms with Crippen LogP contribution in [0.1, 0.15) is 44.9 Å². The van der Waals surface area contributed by atoms with Gasteiger partial charge in [0.25, 0.3) is 0 Å². The molecule has 0 aromatic rings. The van der Waals surface area contributed by atoms with Gasteiger partial charge in [0.1, 0.15) is 6.04 Å². The molecule has 4 unspecified atom stereocenters. The summed E-state index contributed by atoms with van der Waals surface area (Å²) in [6.07, 6.45) is 8.17. The van der Waals surface area contributed by atoms with Gasteiger partial charge < -0.3 is 5.32 Å². The quantitative estimate of drug-likeness (QED) is 0.808. The summed E-state index contributed by atoms with van der Waals surface area (Å²) < 4.78 is 0. The van der Waals surface area contributed by atoms with Crippen LogP contribution < -0.4 is 5.32 Å². The van der Waals surface area contributed by atoms with Gasteiger partial charge in [-0.05, 0) is 55.8 Å². The lowest BCUT2D eigenvalue weighted by Crippen LogP contribution is -2.36. The number of nitriles is 1. The van der Waals surface area contributed by atoms with Gasteiger partial charge in [0.15, 0.2) is 0 Å². The second kappa shape index (κ2) is 4.33. The first-order valence-corrected chi connectivity index (χ1v) is 6.95. The maximum atomic E-state index is 11.9. The lowest BCUT2D eigenvalue weighted by atomic mass is 9.86. The van der Waals surface area contributed by atoms with Crippen molar-refractivity contribution >= 4 is 5.91 Å². The molecule has 0 aromatic heterocycles. The fourth-order valence-corrected chi connectivity index (χ4v) is 3.78. The molecule has 0 saturated heterocycles. The van der Waals surface area contributed by atoms with Crippen LogP contribution in [-0.4, -0.2) is 11.9 Å². The maximum Gasteiger partial charge on any atom is 0.221 e. The van der Waals surface area contributed by atoms with E-state index < -0.39 is 0 Å². The highest BCUT2D eigenvalue weighted by Crippen LogP contribution is 2.49. The van der Waals surface area contributed by atoms with Gasteiger partial charge in [-0.3, -0.25) is 4.79 Å². The number of rotatable bonds is 4. The molecule has 1 N–H and O–H groups in total. The minimum absolute atomic E-state index is 0.112.